The van der Waals surface area contributed by atoms with Gasteiger partial charge in [-0.2, -0.15) is 4.98 Å². The first-order valence-corrected chi connectivity index (χ1v) is 7.87. The van der Waals surface area contributed by atoms with Crippen LogP contribution in [0.5, 0.6) is 0 Å². The smallest absolute Gasteiger partial charge is 0.317 e. The molecule has 7 heteroatoms. The van der Waals surface area contributed by atoms with E-state index < -0.39 is 0 Å². The van der Waals surface area contributed by atoms with E-state index in [1.807, 2.05) is 20.8 Å². The third-order valence-electron chi connectivity index (χ3n) is 3.54. The van der Waals surface area contributed by atoms with Crippen LogP contribution in [0.15, 0.2) is 4.52 Å². The molecular formula is C15H26N4O3. The van der Waals surface area contributed by atoms with E-state index in [1.54, 1.807) is 4.90 Å². The van der Waals surface area contributed by atoms with Crippen LogP contribution in [0.4, 0.5) is 4.79 Å². The lowest BCUT2D eigenvalue weighted by atomic mass is 9.97. The Morgan fingerprint density at radius 2 is 2.23 bits per heavy atom. The maximum atomic E-state index is 12.2. The molecular weight excluding hydrogens is 284 g/mol. The molecule has 1 aromatic rings. The lowest BCUT2D eigenvalue weighted by Gasteiger charge is -2.32. The van der Waals surface area contributed by atoms with E-state index in [2.05, 4.69) is 22.4 Å². The number of carbonyl (C=O) groups excluding carboxylic acids is 1. The standard InChI is InChI=1S/C15H26N4O3/c1-5-6-11-10-19(7-8-21-11)14(20)16-9-12-17-13(22-18-12)15(2,3)4/h11H,5-10H2,1-4H3,(H,16,20). The number of nitrogens with zero attached hydrogens (tertiary/aromatic N) is 3. The molecule has 1 aliphatic heterocycles. The van der Waals surface area contributed by atoms with E-state index in [0.29, 0.717) is 31.4 Å². The van der Waals surface area contributed by atoms with Gasteiger partial charge in [0.15, 0.2) is 5.82 Å². The topological polar surface area (TPSA) is 80.5 Å². The summed E-state index contributed by atoms with van der Waals surface area (Å²) >= 11 is 0. The molecule has 0 bridgehead atoms. The summed E-state index contributed by atoms with van der Waals surface area (Å²) in [6, 6.07) is -0.105. The van der Waals surface area contributed by atoms with Crippen molar-refractivity contribution in [3.05, 3.63) is 11.7 Å². The predicted octanol–water partition coefficient (Wildman–Crippen LogP) is 2.08. The quantitative estimate of drug-likeness (QED) is 0.921. The van der Waals surface area contributed by atoms with Crippen molar-refractivity contribution in [2.75, 3.05) is 19.7 Å². The molecule has 1 unspecified atom stereocenters. The average molecular weight is 310 g/mol. The molecule has 1 N–H and O–H groups in total. The number of amides is 2. The summed E-state index contributed by atoms with van der Waals surface area (Å²) in [5.74, 6) is 1.07. The number of urea groups is 1. The van der Waals surface area contributed by atoms with Crippen LogP contribution in [0.3, 0.4) is 0 Å². The molecule has 0 radical (unpaired) electrons. The van der Waals surface area contributed by atoms with Crippen molar-refractivity contribution in [3.8, 4) is 0 Å². The highest BCUT2D eigenvalue weighted by molar-refractivity contribution is 5.74. The van der Waals surface area contributed by atoms with Gasteiger partial charge in [-0.15, -0.1) is 0 Å². The van der Waals surface area contributed by atoms with Crippen molar-refractivity contribution >= 4 is 6.03 Å². The Bertz CT molecular complexity index is 493. The molecule has 124 valence electrons. The highest BCUT2D eigenvalue weighted by atomic mass is 16.5. The molecule has 2 heterocycles. The number of morpholine rings is 1. The molecule has 1 aromatic heterocycles. The second-order valence-electron chi connectivity index (χ2n) is 6.65. The molecule has 2 rings (SSSR count). The summed E-state index contributed by atoms with van der Waals surface area (Å²) in [6.07, 6.45) is 2.17. The van der Waals surface area contributed by atoms with Crippen LogP contribution >= 0.6 is 0 Å². The molecule has 22 heavy (non-hydrogen) atoms. The number of carbonyl (C=O) groups is 1. The lowest BCUT2D eigenvalue weighted by Crippen LogP contribution is -2.49. The molecule has 0 saturated carbocycles. The van der Waals surface area contributed by atoms with E-state index in [1.165, 1.54) is 0 Å². The van der Waals surface area contributed by atoms with Crippen LogP contribution in [-0.4, -0.2) is 46.9 Å². The van der Waals surface area contributed by atoms with Crippen LogP contribution in [0.2, 0.25) is 0 Å². The predicted molar refractivity (Wildman–Crippen MR) is 81.5 cm³/mol. The molecule has 2 amide bonds. The number of hydrogen-bond acceptors (Lipinski definition) is 5. The van der Waals surface area contributed by atoms with Crippen LogP contribution in [0.1, 0.15) is 52.3 Å². The summed E-state index contributed by atoms with van der Waals surface area (Å²) in [4.78, 5) is 18.3. The van der Waals surface area contributed by atoms with E-state index in [-0.39, 0.29) is 24.1 Å². The third kappa shape index (κ3) is 4.43. The van der Waals surface area contributed by atoms with Crippen molar-refractivity contribution in [2.24, 2.45) is 0 Å². The van der Waals surface area contributed by atoms with Gasteiger partial charge in [0.05, 0.1) is 19.3 Å². The Kier molecular flexibility index (Phi) is 5.39. The number of nitrogens with one attached hydrogen (secondary N) is 1. The molecule has 0 aliphatic carbocycles. The Balaban J connectivity index is 1.83. The second-order valence-corrected chi connectivity index (χ2v) is 6.65. The first kappa shape index (κ1) is 16.7. The third-order valence-corrected chi connectivity index (χ3v) is 3.54. The fourth-order valence-corrected chi connectivity index (χ4v) is 2.30. The second kappa shape index (κ2) is 7.09. The van der Waals surface area contributed by atoms with Gasteiger partial charge in [-0.05, 0) is 6.42 Å². The highest BCUT2D eigenvalue weighted by Crippen LogP contribution is 2.19. The highest BCUT2D eigenvalue weighted by Gasteiger charge is 2.25. The normalized spacial score (nSPS) is 19.3. The van der Waals surface area contributed by atoms with Crippen LogP contribution in [0.25, 0.3) is 0 Å². The maximum absolute atomic E-state index is 12.2. The van der Waals surface area contributed by atoms with Crippen LogP contribution in [-0.2, 0) is 16.7 Å². The Morgan fingerprint density at radius 1 is 1.45 bits per heavy atom. The molecule has 1 atom stereocenters. The molecule has 1 aliphatic rings. The first-order valence-electron chi connectivity index (χ1n) is 7.87. The number of aromatic nitrogens is 2. The van der Waals surface area contributed by atoms with E-state index >= 15 is 0 Å². The van der Waals surface area contributed by atoms with Gasteiger partial charge < -0.3 is 19.5 Å². The van der Waals surface area contributed by atoms with Gasteiger partial charge in [0.25, 0.3) is 0 Å². The fourth-order valence-electron chi connectivity index (χ4n) is 2.30. The average Bonchev–Trinajstić information content (AvgIpc) is 2.94. The van der Waals surface area contributed by atoms with Gasteiger partial charge in [-0.25, -0.2) is 4.79 Å². The van der Waals surface area contributed by atoms with Crippen molar-refractivity contribution in [1.82, 2.24) is 20.4 Å². The summed E-state index contributed by atoms with van der Waals surface area (Å²) in [5, 5.41) is 6.74. The lowest BCUT2D eigenvalue weighted by molar-refractivity contribution is -0.0181. The van der Waals surface area contributed by atoms with Gasteiger partial charge in [0.2, 0.25) is 5.89 Å². The van der Waals surface area contributed by atoms with E-state index in [9.17, 15) is 4.79 Å². The van der Waals surface area contributed by atoms with Gasteiger partial charge in [0, 0.05) is 18.5 Å². The van der Waals surface area contributed by atoms with Crippen LogP contribution in [0, 0.1) is 0 Å². The molecule has 1 saturated heterocycles. The number of ether oxygens (including phenoxy) is 1. The largest absolute Gasteiger partial charge is 0.375 e. The van der Waals surface area contributed by atoms with Gasteiger partial charge in [0.1, 0.15) is 0 Å². The number of rotatable bonds is 4. The minimum Gasteiger partial charge on any atom is -0.375 e. The fraction of sp³-hybridized carbons (Fsp3) is 0.800. The Hall–Kier alpha value is -1.63. The van der Waals surface area contributed by atoms with Crippen molar-refractivity contribution < 1.29 is 14.1 Å². The minimum absolute atomic E-state index is 0.105. The summed E-state index contributed by atoms with van der Waals surface area (Å²) in [7, 11) is 0. The number of hydrogen-bond donors (Lipinski definition) is 1. The SMILES string of the molecule is CCCC1CN(C(=O)NCc2noc(C(C)(C)C)n2)CCO1. The monoisotopic (exact) mass is 310 g/mol. The van der Waals surface area contributed by atoms with Crippen molar-refractivity contribution in [2.45, 2.75) is 58.6 Å². The van der Waals surface area contributed by atoms with Crippen molar-refractivity contribution in [3.63, 3.8) is 0 Å². The van der Waals surface area contributed by atoms with Crippen molar-refractivity contribution in [1.29, 1.82) is 0 Å². The van der Waals surface area contributed by atoms with Crippen LogP contribution < -0.4 is 5.32 Å². The van der Waals surface area contributed by atoms with Gasteiger partial charge in [-0.1, -0.05) is 39.3 Å². The zero-order valence-electron chi connectivity index (χ0n) is 13.9. The Labute approximate surface area is 131 Å². The Morgan fingerprint density at radius 3 is 2.86 bits per heavy atom. The van der Waals surface area contributed by atoms with Gasteiger partial charge >= 0.3 is 6.03 Å². The first-order chi connectivity index (χ1) is 10.4. The molecule has 0 aromatic carbocycles. The minimum atomic E-state index is -0.188. The zero-order chi connectivity index (χ0) is 16.2. The molecule has 7 nitrogen and oxygen atoms in total. The summed E-state index contributed by atoms with van der Waals surface area (Å²) in [6.45, 7) is 10.2. The van der Waals surface area contributed by atoms with E-state index in [0.717, 1.165) is 12.8 Å². The van der Waals surface area contributed by atoms with Gasteiger partial charge in [-0.3, -0.25) is 0 Å². The van der Waals surface area contributed by atoms with E-state index in [4.69, 9.17) is 9.26 Å². The summed E-state index contributed by atoms with van der Waals surface area (Å²) in [5.41, 5.74) is -0.188. The molecule has 0 spiro atoms. The zero-order valence-corrected chi connectivity index (χ0v) is 13.9. The maximum Gasteiger partial charge on any atom is 0.317 e. The molecule has 1 fully saturated rings. The summed E-state index contributed by atoms with van der Waals surface area (Å²) < 4.78 is 10.9.